The number of hydrogen-bond acceptors (Lipinski definition) is 2. The molecule has 3 aliphatic carbocycles. The van der Waals surface area contributed by atoms with E-state index in [1.54, 1.807) is 7.11 Å². The first-order valence-corrected chi connectivity index (χ1v) is 7.19. The van der Waals surface area contributed by atoms with E-state index in [4.69, 9.17) is 10.5 Å². The van der Waals surface area contributed by atoms with Gasteiger partial charge >= 0.3 is 0 Å². The second-order valence-electron chi connectivity index (χ2n) is 6.36. The highest BCUT2D eigenvalue weighted by Gasteiger charge is 2.66. The molecule has 18 heavy (non-hydrogen) atoms. The van der Waals surface area contributed by atoms with Crippen LogP contribution in [-0.4, -0.2) is 7.11 Å². The van der Waals surface area contributed by atoms with Gasteiger partial charge in [-0.1, -0.05) is 12.1 Å². The molecule has 96 valence electrons. The fourth-order valence-corrected chi connectivity index (χ4v) is 4.92. The molecule has 2 nitrogen and oxygen atoms in total. The highest BCUT2D eigenvalue weighted by Crippen LogP contribution is 2.71. The van der Waals surface area contributed by atoms with Crippen LogP contribution in [0.2, 0.25) is 0 Å². The quantitative estimate of drug-likeness (QED) is 0.885. The van der Waals surface area contributed by atoms with E-state index in [0.717, 1.165) is 35.3 Å². The van der Waals surface area contributed by atoms with Crippen LogP contribution in [0, 0.1) is 29.6 Å². The van der Waals surface area contributed by atoms with Gasteiger partial charge in [-0.3, -0.25) is 0 Å². The average Bonchev–Trinajstić information content (AvgIpc) is 2.85. The molecule has 5 unspecified atom stereocenters. The normalized spacial score (nSPS) is 41.6. The van der Waals surface area contributed by atoms with Crippen molar-refractivity contribution in [3.8, 4) is 5.75 Å². The minimum Gasteiger partial charge on any atom is -0.497 e. The summed E-state index contributed by atoms with van der Waals surface area (Å²) in [6, 6.07) is 8.58. The molecule has 2 bridgehead atoms. The lowest BCUT2D eigenvalue weighted by molar-refractivity contribution is 0.410. The Hall–Kier alpha value is -1.02. The summed E-state index contributed by atoms with van der Waals surface area (Å²) < 4.78 is 5.20. The monoisotopic (exact) mass is 243 g/mol. The van der Waals surface area contributed by atoms with Crippen molar-refractivity contribution >= 4 is 0 Å². The minimum atomic E-state index is 0.245. The maximum absolute atomic E-state index is 6.49. The van der Waals surface area contributed by atoms with Crippen LogP contribution in [0.4, 0.5) is 0 Å². The number of benzene rings is 1. The van der Waals surface area contributed by atoms with Crippen molar-refractivity contribution in [1.29, 1.82) is 0 Å². The third kappa shape index (κ3) is 1.38. The third-order valence-corrected chi connectivity index (χ3v) is 5.71. The van der Waals surface area contributed by atoms with Gasteiger partial charge in [-0.2, -0.15) is 0 Å². The van der Waals surface area contributed by atoms with Crippen molar-refractivity contribution in [2.45, 2.75) is 25.3 Å². The van der Waals surface area contributed by atoms with Gasteiger partial charge in [-0.05, 0) is 66.5 Å². The molecule has 0 amide bonds. The van der Waals surface area contributed by atoms with Crippen LogP contribution in [0.3, 0.4) is 0 Å². The summed E-state index contributed by atoms with van der Waals surface area (Å²) in [5.41, 5.74) is 7.78. The van der Waals surface area contributed by atoms with Crippen LogP contribution >= 0.6 is 0 Å². The Labute approximate surface area is 109 Å². The number of rotatable bonds is 3. The van der Waals surface area contributed by atoms with Gasteiger partial charge in [0, 0.05) is 6.04 Å². The summed E-state index contributed by atoms with van der Waals surface area (Å²) in [4.78, 5) is 0. The average molecular weight is 243 g/mol. The van der Waals surface area contributed by atoms with E-state index in [1.165, 1.54) is 24.8 Å². The molecule has 0 heterocycles. The lowest BCUT2D eigenvalue weighted by Gasteiger charge is -2.16. The van der Waals surface area contributed by atoms with E-state index in [2.05, 4.69) is 12.1 Å². The van der Waals surface area contributed by atoms with Crippen molar-refractivity contribution < 1.29 is 4.74 Å². The van der Waals surface area contributed by atoms with Crippen LogP contribution in [0.25, 0.3) is 0 Å². The molecule has 1 aromatic carbocycles. The van der Waals surface area contributed by atoms with Crippen molar-refractivity contribution in [2.24, 2.45) is 35.3 Å². The van der Waals surface area contributed by atoms with Crippen LogP contribution < -0.4 is 10.5 Å². The van der Waals surface area contributed by atoms with Gasteiger partial charge in [0.25, 0.3) is 0 Å². The Morgan fingerprint density at radius 1 is 1.11 bits per heavy atom. The molecule has 1 aromatic rings. The second kappa shape index (κ2) is 3.74. The Kier molecular flexibility index (Phi) is 2.25. The van der Waals surface area contributed by atoms with Crippen LogP contribution in [0.1, 0.15) is 30.9 Å². The van der Waals surface area contributed by atoms with Gasteiger partial charge in [0.05, 0.1) is 7.11 Å². The lowest BCUT2D eigenvalue weighted by atomic mass is 9.93. The Morgan fingerprint density at radius 3 is 2.28 bits per heavy atom. The van der Waals surface area contributed by atoms with E-state index in [-0.39, 0.29) is 6.04 Å². The number of fused-ring (bicyclic) bond motifs is 5. The second-order valence-corrected chi connectivity index (χ2v) is 6.36. The van der Waals surface area contributed by atoms with Gasteiger partial charge in [0.2, 0.25) is 0 Å². The summed E-state index contributed by atoms with van der Waals surface area (Å²) in [5, 5.41) is 0. The summed E-state index contributed by atoms with van der Waals surface area (Å²) in [6.45, 7) is 0. The molecule has 2 N–H and O–H groups in total. The first-order valence-electron chi connectivity index (χ1n) is 7.19. The van der Waals surface area contributed by atoms with E-state index >= 15 is 0 Å². The molecule has 0 spiro atoms. The molecule has 0 aromatic heterocycles. The summed E-state index contributed by atoms with van der Waals surface area (Å²) in [6.07, 6.45) is 4.44. The van der Waals surface area contributed by atoms with Crippen molar-refractivity contribution in [1.82, 2.24) is 0 Å². The molecule has 0 aliphatic heterocycles. The minimum absolute atomic E-state index is 0.245. The SMILES string of the molecule is COc1ccc(C(N)C2C3C4CCC(C4)C32)cc1. The lowest BCUT2D eigenvalue weighted by Crippen LogP contribution is -2.17. The van der Waals surface area contributed by atoms with Crippen molar-refractivity contribution in [3.63, 3.8) is 0 Å². The number of methoxy groups -OCH3 is 1. The summed E-state index contributed by atoms with van der Waals surface area (Å²) >= 11 is 0. The van der Waals surface area contributed by atoms with Crippen molar-refractivity contribution in [3.05, 3.63) is 29.8 Å². The molecular weight excluding hydrogens is 222 g/mol. The molecule has 3 fully saturated rings. The van der Waals surface area contributed by atoms with Gasteiger partial charge in [-0.25, -0.2) is 0 Å². The van der Waals surface area contributed by atoms with Crippen LogP contribution in [0.5, 0.6) is 5.75 Å². The van der Waals surface area contributed by atoms with Crippen molar-refractivity contribution in [2.75, 3.05) is 7.11 Å². The van der Waals surface area contributed by atoms with E-state index < -0.39 is 0 Å². The standard InChI is InChI=1S/C16H21NO/c1-18-12-6-4-9(5-7-12)16(17)15-13-10-2-3-11(8-10)14(13)15/h4-7,10-11,13-16H,2-3,8,17H2,1H3. The predicted octanol–water partition coefficient (Wildman–Crippen LogP) is 2.99. The summed E-state index contributed by atoms with van der Waals surface area (Å²) in [7, 11) is 1.71. The fraction of sp³-hybridized carbons (Fsp3) is 0.625. The fourth-order valence-electron chi connectivity index (χ4n) is 4.92. The predicted molar refractivity (Wildman–Crippen MR) is 71.2 cm³/mol. The Bertz CT molecular complexity index is 439. The molecule has 5 atom stereocenters. The zero-order valence-electron chi connectivity index (χ0n) is 10.9. The van der Waals surface area contributed by atoms with Gasteiger partial charge in [-0.15, -0.1) is 0 Å². The first-order chi connectivity index (χ1) is 8.79. The number of nitrogens with two attached hydrogens (primary N) is 1. The van der Waals surface area contributed by atoms with Gasteiger partial charge < -0.3 is 10.5 Å². The van der Waals surface area contributed by atoms with E-state index in [9.17, 15) is 0 Å². The van der Waals surface area contributed by atoms with E-state index in [0.29, 0.717) is 0 Å². The third-order valence-electron chi connectivity index (χ3n) is 5.71. The molecule has 0 saturated heterocycles. The highest BCUT2D eigenvalue weighted by atomic mass is 16.5. The maximum Gasteiger partial charge on any atom is 0.118 e. The van der Waals surface area contributed by atoms with E-state index in [1.807, 2.05) is 12.1 Å². The maximum atomic E-state index is 6.49. The zero-order valence-corrected chi connectivity index (χ0v) is 10.9. The largest absolute Gasteiger partial charge is 0.497 e. The van der Waals surface area contributed by atoms with Gasteiger partial charge in [0.15, 0.2) is 0 Å². The van der Waals surface area contributed by atoms with Gasteiger partial charge in [0.1, 0.15) is 5.75 Å². The first kappa shape index (κ1) is 10.9. The summed E-state index contributed by atoms with van der Waals surface area (Å²) in [5.74, 6) is 5.62. The molecule has 0 radical (unpaired) electrons. The molecule has 4 rings (SSSR count). The molecule has 3 aliphatic rings. The Balaban J connectivity index is 1.52. The number of ether oxygens (including phenoxy) is 1. The molecule has 3 saturated carbocycles. The highest BCUT2D eigenvalue weighted by molar-refractivity contribution is 5.31. The number of hydrogen-bond donors (Lipinski definition) is 1. The zero-order chi connectivity index (χ0) is 12.3. The molecule has 2 heteroatoms. The topological polar surface area (TPSA) is 35.2 Å². The smallest absolute Gasteiger partial charge is 0.118 e. The molecular formula is C16H21NO. The Morgan fingerprint density at radius 2 is 1.72 bits per heavy atom. The van der Waals surface area contributed by atoms with Crippen LogP contribution in [-0.2, 0) is 0 Å². The van der Waals surface area contributed by atoms with Crippen LogP contribution in [0.15, 0.2) is 24.3 Å².